The largest absolute Gasteiger partial charge is 0.499 e. The van der Waals surface area contributed by atoms with Crippen molar-refractivity contribution in [3.05, 3.63) is 12.3 Å². The normalized spacial score (nSPS) is 12.9. The van der Waals surface area contributed by atoms with Gasteiger partial charge in [-0.3, -0.25) is 0 Å². The van der Waals surface area contributed by atoms with Crippen LogP contribution in [0.25, 0.3) is 0 Å². The van der Waals surface area contributed by atoms with E-state index in [1.165, 1.54) is 89.9 Å². The molecule has 0 heterocycles. The molecule has 1 atom stereocenters. The van der Waals surface area contributed by atoms with Crippen molar-refractivity contribution < 1.29 is 4.74 Å². The van der Waals surface area contributed by atoms with E-state index < -0.39 is 0 Å². The van der Waals surface area contributed by atoms with Crippen LogP contribution >= 0.6 is 0 Å². The van der Waals surface area contributed by atoms with Gasteiger partial charge in [-0.1, -0.05) is 78.1 Å². The van der Waals surface area contributed by atoms with Gasteiger partial charge in [-0.05, 0) is 38.7 Å². The molecule has 0 N–H and O–H groups in total. The van der Waals surface area contributed by atoms with Gasteiger partial charge >= 0.3 is 0 Å². The Bertz CT molecular complexity index is 210. The maximum absolute atomic E-state index is 5.71. The fourth-order valence-corrected chi connectivity index (χ4v) is 2.58. The Morgan fingerprint density at radius 3 is 1.86 bits per heavy atom. The summed E-state index contributed by atoms with van der Waals surface area (Å²) in [5.41, 5.74) is 0. The van der Waals surface area contributed by atoms with E-state index in [2.05, 4.69) is 26.8 Å². The Balaban J connectivity index is 3.20. The maximum Gasteiger partial charge on any atom is 0.0950 e. The van der Waals surface area contributed by atoms with Crippen LogP contribution in [0, 0.1) is 0 Å². The summed E-state index contributed by atoms with van der Waals surface area (Å²) in [6.07, 6.45) is 23.4. The van der Waals surface area contributed by atoms with Crippen molar-refractivity contribution in [2.45, 2.75) is 117 Å². The summed E-state index contributed by atoms with van der Waals surface area (Å²) in [5, 5.41) is 0. The van der Waals surface area contributed by atoms with Gasteiger partial charge in [0.15, 0.2) is 0 Å². The van der Waals surface area contributed by atoms with Gasteiger partial charge in [-0.2, -0.15) is 0 Å². The summed E-state index contributed by atoms with van der Waals surface area (Å²) in [6, 6.07) is 0. The molecule has 126 valence electrons. The van der Waals surface area contributed by atoms with Crippen molar-refractivity contribution in [3.63, 3.8) is 0 Å². The average Bonchev–Trinajstić information content (AvgIpc) is 2.49. The SMILES string of the molecule is CCCCCCCCCCC=COC(C)CCCCCC. The van der Waals surface area contributed by atoms with E-state index in [9.17, 15) is 0 Å². The highest BCUT2D eigenvalue weighted by molar-refractivity contribution is 4.74. The number of ether oxygens (including phenoxy) is 1. The standard InChI is InChI=1S/C20H40O/c1-4-6-8-10-11-12-13-14-15-17-19-21-20(3)18-16-9-7-5-2/h17,19-20H,4-16,18H2,1-3H3. The Kier molecular flexibility index (Phi) is 17.2. The zero-order valence-corrected chi connectivity index (χ0v) is 15.0. The van der Waals surface area contributed by atoms with Crippen molar-refractivity contribution >= 4 is 0 Å². The second-order valence-corrected chi connectivity index (χ2v) is 6.43. The molecule has 1 heteroatoms. The van der Waals surface area contributed by atoms with Crippen LogP contribution in [0.3, 0.4) is 0 Å². The number of unbranched alkanes of at least 4 members (excludes halogenated alkanes) is 11. The lowest BCUT2D eigenvalue weighted by atomic mass is 10.1. The number of rotatable bonds is 16. The molecule has 0 radical (unpaired) electrons. The molecule has 0 saturated heterocycles. The first-order chi connectivity index (χ1) is 10.3. The van der Waals surface area contributed by atoms with Crippen LogP contribution in [0.15, 0.2) is 12.3 Å². The van der Waals surface area contributed by atoms with E-state index in [-0.39, 0.29) is 0 Å². The van der Waals surface area contributed by atoms with Crippen molar-refractivity contribution in [1.29, 1.82) is 0 Å². The van der Waals surface area contributed by atoms with Crippen LogP contribution < -0.4 is 0 Å². The highest BCUT2D eigenvalue weighted by Gasteiger charge is 1.99. The minimum absolute atomic E-state index is 0.386. The number of hydrogen-bond acceptors (Lipinski definition) is 1. The number of allylic oxidation sites excluding steroid dienone is 1. The molecule has 0 spiro atoms. The van der Waals surface area contributed by atoms with Crippen molar-refractivity contribution in [2.24, 2.45) is 0 Å². The zero-order valence-electron chi connectivity index (χ0n) is 15.0. The van der Waals surface area contributed by atoms with E-state index in [1.807, 2.05) is 6.26 Å². The number of hydrogen-bond donors (Lipinski definition) is 0. The lowest BCUT2D eigenvalue weighted by molar-refractivity contribution is 0.148. The van der Waals surface area contributed by atoms with Gasteiger partial charge in [-0.25, -0.2) is 0 Å². The third-order valence-electron chi connectivity index (χ3n) is 4.10. The molecular weight excluding hydrogens is 256 g/mol. The summed E-state index contributed by atoms with van der Waals surface area (Å²) in [4.78, 5) is 0. The summed E-state index contributed by atoms with van der Waals surface area (Å²) < 4.78 is 5.71. The van der Waals surface area contributed by atoms with Crippen LogP contribution in [-0.4, -0.2) is 6.10 Å². The first-order valence-electron chi connectivity index (χ1n) is 9.61. The monoisotopic (exact) mass is 296 g/mol. The predicted molar refractivity (Wildman–Crippen MR) is 95.7 cm³/mol. The molecule has 1 nitrogen and oxygen atoms in total. The Morgan fingerprint density at radius 2 is 1.24 bits per heavy atom. The van der Waals surface area contributed by atoms with E-state index in [0.29, 0.717) is 6.10 Å². The molecule has 0 fully saturated rings. The third kappa shape index (κ3) is 17.5. The summed E-state index contributed by atoms with van der Waals surface area (Å²) in [6.45, 7) is 6.72. The van der Waals surface area contributed by atoms with Crippen LogP contribution in [-0.2, 0) is 4.74 Å². The molecule has 0 rings (SSSR count). The molecule has 0 saturated carbocycles. The Hall–Kier alpha value is -0.460. The van der Waals surface area contributed by atoms with E-state index in [0.717, 1.165) is 0 Å². The molecule has 0 aromatic rings. The average molecular weight is 297 g/mol. The van der Waals surface area contributed by atoms with Gasteiger partial charge in [-0.15, -0.1) is 0 Å². The van der Waals surface area contributed by atoms with Crippen LogP contribution in [0.4, 0.5) is 0 Å². The zero-order chi connectivity index (χ0) is 15.6. The summed E-state index contributed by atoms with van der Waals surface area (Å²) in [5.74, 6) is 0. The Morgan fingerprint density at radius 1 is 0.714 bits per heavy atom. The van der Waals surface area contributed by atoms with Gasteiger partial charge in [0.05, 0.1) is 12.4 Å². The van der Waals surface area contributed by atoms with Crippen LogP contribution in [0.2, 0.25) is 0 Å². The molecule has 1 unspecified atom stereocenters. The van der Waals surface area contributed by atoms with Crippen molar-refractivity contribution in [3.8, 4) is 0 Å². The van der Waals surface area contributed by atoms with E-state index in [1.54, 1.807) is 0 Å². The minimum Gasteiger partial charge on any atom is -0.499 e. The molecule has 0 aromatic carbocycles. The second kappa shape index (κ2) is 17.6. The molecule has 0 bridgehead atoms. The highest BCUT2D eigenvalue weighted by Crippen LogP contribution is 2.11. The van der Waals surface area contributed by atoms with Crippen LogP contribution in [0.1, 0.15) is 111 Å². The lowest BCUT2D eigenvalue weighted by Crippen LogP contribution is -2.03. The highest BCUT2D eigenvalue weighted by atomic mass is 16.5. The summed E-state index contributed by atoms with van der Waals surface area (Å²) >= 11 is 0. The quantitative estimate of drug-likeness (QED) is 0.213. The second-order valence-electron chi connectivity index (χ2n) is 6.43. The topological polar surface area (TPSA) is 9.23 Å². The fourth-order valence-electron chi connectivity index (χ4n) is 2.58. The molecule has 0 amide bonds. The lowest BCUT2D eigenvalue weighted by Gasteiger charge is -2.10. The molecule has 0 aliphatic rings. The van der Waals surface area contributed by atoms with Crippen molar-refractivity contribution in [1.82, 2.24) is 0 Å². The molecule has 0 aromatic heterocycles. The fraction of sp³-hybridized carbons (Fsp3) is 0.900. The first kappa shape index (κ1) is 20.5. The van der Waals surface area contributed by atoms with Gasteiger partial charge in [0.25, 0.3) is 0 Å². The predicted octanol–water partition coefficient (Wildman–Crippen LogP) is 7.41. The molecule has 0 aliphatic heterocycles. The van der Waals surface area contributed by atoms with Crippen LogP contribution in [0.5, 0.6) is 0 Å². The smallest absolute Gasteiger partial charge is 0.0950 e. The molecule has 0 aliphatic carbocycles. The maximum atomic E-state index is 5.71. The van der Waals surface area contributed by atoms with Crippen molar-refractivity contribution in [2.75, 3.05) is 0 Å². The van der Waals surface area contributed by atoms with Gasteiger partial charge in [0.1, 0.15) is 0 Å². The van der Waals surface area contributed by atoms with Gasteiger partial charge in [0, 0.05) is 0 Å². The van der Waals surface area contributed by atoms with Gasteiger partial charge in [0.2, 0.25) is 0 Å². The third-order valence-corrected chi connectivity index (χ3v) is 4.10. The van der Waals surface area contributed by atoms with E-state index >= 15 is 0 Å². The Labute approximate surface area is 134 Å². The minimum atomic E-state index is 0.386. The molecule has 21 heavy (non-hydrogen) atoms. The van der Waals surface area contributed by atoms with E-state index in [4.69, 9.17) is 4.74 Å². The van der Waals surface area contributed by atoms with Gasteiger partial charge < -0.3 is 4.74 Å². The first-order valence-corrected chi connectivity index (χ1v) is 9.61. The molecular formula is C20H40O. The summed E-state index contributed by atoms with van der Waals surface area (Å²) in [7, 11) is 0.